The van der Waals surface area contributed by atoms with E-state index in [1.165, 1.54) is 0 Å². The van der Waals surface area contributed by atoms with Gasteiger partial charge < -0.3 is 14.1 Å². The predicted molar refractivity (Wildman–Crippen MR) is 135 cm³/mol. The number of hydrogen-bond donors (Lipinski definition) is 0. The van der Waals surface area contributed by atoms with Crippen LogP contribution in [-0.4, -0.2) is 70.8 Å². The molecule has 2 atom stereocenters. The molecule has 0 N–H and O–H groups in total. The maximum Gasteiger partial charge on any atom is 0.253 e. The van der Waals surface area contributed by atoms with Crippen LogP contribution in [0.2, 0.25) is 0 Å². The van der Waals surface area contributed by atoms with E-state index in [0.717, 1.165) is 62.3 Å². The standard InChI is InChI=1S/C28H34N4O3/c1-19-5-4-6-25(15-19)27-30-29-26(35-27)23-7-9-24(10-8-23)28(33)32-13-11-22(12-14-32)18-31-16-20(2)34-21(3)17-31/h4-10,15,20-22H,11-14,16-18H2,1-3H3. The molecule has 1 aromatic heterocycles. The highest BCUT2D eigenvalue weighted by molar-refractivity contribution is 5.94. The molecule has 0 radical (unpaired) electrons. The van der Waals surface area contributed by atoms with Crippen molar-refractivity contribution < 1.29 is 13.9 Å². The molecule has 0 saturated carbocycles. The molecule has 3 heterocycles. The zero-order valence-corrected chi connectivity index (χ0v) is 20.8. The van der Waals surface area contributed by atoms with Gasteiger partial charge in [0, 0.05) is 49.4 Å². The average molecular weight is 475 g/mol. The van der Waals surface area contributed by atoms with Crippen molar-refractivity contribution in [3.05, 3.63) is 59.7 Å². The Kier molecular flexibility index (Phi) is 6.97. The number of aryl methyl sites for hydroxylation is 1. The van der Waals surface area contributed by atoms with Crippen LogP contribution >= 0.6 is 0 Å². The van der Waals surface area contributed by atoms with Gasteiger partial charge in [0.1, 0.15) is 0 Å². The van der Waals surface area contributed by atoms with Crippen molar-refractivity contribution >= 4 is 5.91 Å². The van der Waals surface area contributed by atoms with E-state index in [-0.39, 0.29) is 5.91 Å². The van der Waals surface area contributed by atoms with Gasteiger partial charge in [-0.2, -0.15) is 0 Å². The summed E-state index contributed by atoms with van der Waals surface area (Å²) in [6.45, 7) is 11.1. The molecular formula is C28H34N4O3. The van der Waals surface area contributed by atoms with Crippen molar-refractivity contribution in [1.29, 1.82) is 0 Å². The van der Waals surface area contributed by atoms with Crippen molar-refractivity contribution in [2.75, 3.05) is 32.7 Å². The fourth-order valence-corrected chi connectivity index (χ4v) is 5.29. The molecule has 0 aliphatic carbocycles. The van der Waals surface area contributed by atoms with Crippen LogP contribution in [0.4, 0.5) is 0 Å². The van der Waals surface area contributed by atoms with Gasteiger partial charge in [-0.05, 0) is 75.9 Å². The maximum absolute atomic E-state index is 13.1. The second kappa shape index (κ2) is 10.3. The van der Waals surface area contributed by atoms with E-state index < -0.39 is 0 Å². The molecule has 3 aromatic rings. The number of piperidine rings is 1. The SMILES string of the molecule is Cc1cccc(-c2nnc(-c3ccc(C(=O)N4CCC(CN5CC(C)OC(C)C5)CC4)cc3)o2)c1. The van der Waals surface area contributed by atoms with E-state index in [0.29, 0.717) is 35.5 Å². The highest BCUT2D eigenvalue weighted by Gasteiger charge is 2.28. The van der Waals surface area contributed by atoms with Gasteiger partial charge in [0.05, 0.1) is 12.2 Å². The average Bonchev–Trinajstić information content (AvgIpc) is 3.34. The van der Waals surface area contributed by atoms with E-state index in [2.05, 4.69) is 28.9 Å². The highest BCUT2D eigenvalue weighted by atomic mass is 16.5. The molecule has 2 aliphatic rings. The van der Waals surface area contributed by atoms with Gasteiger partial charge in [-0.3, -0.25) is 9.69 Å². The van der Waals surface area contributed by atoms with Crippen molar-refractivity contribution in [3.63, 3.8) is 0 Å². The number of morpholine rings is 1. The summed E-state index contributed by atoms with van der Waals surface area (Å²) in [6.07, 6.45) is 2.69. The highest BCUT2D eigenvalue weighted by Crippen LogP contribution is 2.26. The van der Waals surface area contributed by atoms with Gasteiger partial charge in [0.2, 0.25) is 11.8 Å². The van der Waals surface area contributed by atoms with Crippen LogP contribution in [0.1, 0.15) is 42.6 Å². The zero-order valence-electron chi connectivity index (χ0n) is 20.8. The van der Waals surface area contributed by atoms with E-state index in [1.807, 2.05) is 60.4 Å². The third-order valence-corrected chi connectivity index (χ3v) is 6.98. The van der Waals surface area contributed by atoms with Crippen LogP contribution in [0.5, 0.6) is 0 Å². The lowest BCUT2D eigenvalue weighted by Gasteiger charge is -2.39. The Morgan fingerprint density at radius 1 is 0.943 bits per heavy atom. The van der Waals surface area contributed by atoms with Gasteiger partial charge in [-0.25, -0.2) is 0 Å². The topological polar surface area (TPSA) is 71.7 Å². The lowest BCUT2D eigenvalue weighted by atomic mass is 9.95. The number of aromatic nitrogens is 2. The van der Waals surface area contributed by atoms with E-state index >= 15 is 0 Å². The number of nitrogens with zero attached hydrogens (tertiary/aromatic N) is 4. The fourth-order valence-electron chi connectivity index (χ4n) is 5.29. The first-order valence-electron chi connectivity index (χ1n) is 12.6. The number of likely N-dealkylation sites (tertiary alicyclic amines) is 1. The first kappa shape index (κ1) is 23.7. The van der Waals surface area contributed by atoms with Crippen LogP contribution in [0, 0.1) is 12.8 Å². The number of hydrogen-bond acceptors (Lipinski definition) is 6. The molecule has 7 nitrogen and oxygen atoms in total. The number of benzene rings is 2. The van der Waals surface area contributed by atoms with Crippen LogP contribution < -0.4 is 0 Å². The summed E-state index contributed by atoms with van der Waals surface area (Å²) in [7, 11) is 0. The number of carbonyl (C=O) groups excluding carboxylic acids is 1. The minimum atomic E-state index is 0.0922. The molecule has 1 amide bonds. The Bertz CT molecular complexity index is 1140. The van der Waals surface area contributed by atoms with Gasteiger partial charge in [0.25, 0.3) is 5.91 Å². The van der Waals surface area contributed by atoms with Crippen LogP contribution in [-0.2, 0) is 4.74 Å². The first-order chi connectivity index (χ1) is 16.9. The summed E-state index contributed by atoms with van der Waals surface area (Å²) >= 11 is 0. The first-order valence-corrected chi connectivity index (χ1v) is 12.6. The van der Waals surface area contributed by atoms with Crippen molar-refractivity contribution in [1.82, 2.24) is 20.0 Å². The van der Waals surface area contributed by atoms with Crippen molar-refractivity contribution in [2.24, 2.45) is 5.92 Å². The Balaban J connectivity index is 1.16. The fraction of sp³-hybridized carbons (Fsp3) is 0.464. The number of carbonyl (C=O) groups is 1. The molecule has 2 unspecified atom stereocenters. The van der Waals surface area contributed by atoms with Gasteiger partial charge >= 0.3 is 0 Å². The second-order valence-corrected chi connectivity index (χ2v) is 10.1. The number of rotatable bonds is 5. The molecule has 2 aliphatic heterocycles. The number of amides is 1. The van der Waals surface area contributed by atoms with Gasteiger partial charge in [-0.1, -0.05) is 17.7 Å². The molecule has 2 aromatic carbocycles. The summed E-state index contributed by atoms with van der Waals surface area (Å²) in [4.78, 5) is 17.6. The molecule has 35 heavy (non-hydrogen) atoms. The molecule has 0 bridgehead atoms. The van der Waals surface area contributed by atoms with Gasteiger partial charge in [0.15, 0.2) is 0 Å². The normalized spacial score (nSPS) is 21.9. The molecule has 5 rings (SSSR count). The summed E-state index contributed by atoms with van der Waals surface area (Å²) in [6, 6.07) is 15.5. The Morgan fingerprint density at radius 2 is 1.60 bits per heavy atom. The number of ether oxygens (including phenoxy) is 1. The van der Waals surface area contributed by atoms with Crippen LogP contribution in [0.15, 0.2) is 52.9 Å². The summed E-state index contributed by atoms with van der Waals surface area (Å²) in [5, 5.41) is 8.39. The Morgan fingerprint density at radius 3 is 2.26 bits per heavy atom. The Labute approximate surface area is 207 Å². The molecule has 2 fully saturated rings. The van der Waals surface area contributed by atoms with Crippen molar-refractivity contribution in [2.45, 2.75) is 45.8 Å². The third kappa shape index (κ3) is 5.63. The molecule has 0 spiro atoms. The third-order valence-electron chi connectivity index (χ3n) is 6.98. The molecule has 2 saturated heterocycles. The van der Waals surface area contributed by atoms with E-state index in [9.17, 15) is 4.79 Å². The minimum Gasteiger partial charge on any atom is -0.416 e. The second-order valence-electron chi connectivity index (χ2n) is 10.1. The smallest absolute Gasteiger partial charge is 0.253 e. The summed E-state index contributed by atoms with van der Waals surface area (Å²) in [5.41, 5.74) is 3.54. The summed E-state index contributed by atoms with van der Waals surface area (Å²) in [5.74, 6) is 1.68. The lowest BCUT2D eigenvalue weighted by molar-refractivity contribution is -0.0728. The van der Waals surface area contributed by atoms with Crippen LogP contribution in [0.3, 0.4) is 0 Å². The lowest BCUT2D eigenvalue weighted by Crippen LogP contribution is -2.48. The van der Waals surface area contributed by atoms with E-state index in [1.54, 1.807) is 0 Å². The van der Waals surface area contributed by atoms with Crippen molar-refractivity contribution in [3.8, 4) is 22.9 Å². The van der Waals surface area contributed by atoms with Gasteiger partial charge in [-0.15, -0.1) is 10.2 Å². The largest absolute Gasteiger partial charge is 0.416 e. The van der Waals surface area contributed by atoms with E-state index in [4.69, 9.17) is 9.15 Å². The quantitative estimate of drug-likeness (QED) is 0.535. The minimum absolute atomic E-state index is 0.0922. The zero-order chi connectivity index (χ0) is 24.4. The predicted octanol–water partition coefficient (Wildman–Crippen LogP) is 4.67. The monoisotopic (exact) mass is 474 g/mol. The summed E-state index contributed by atoms with van der Waals surface area (Å²) < 4.78 is 11.7. The molecule has 184 valence electrons. The Hall–Kier alpha value is -3.03. The maximum atomic E-state index is 13.1. The molecule has 7 heteroatoms. The van der Waals surface area contributed by atoms with Crippen LogP contribution in [0.25, 0.3) is 22.9 Å². The molecular weight excluding hydrogens is 440 g/mol.